The number of nitrogens with zero attached hydrogens (tertiary/aromatic N) is 2. The van der Waals surface area contributed by atoms with Gasteiger partial charge in [-0.25, -0.2) is 9.37 Å². The van der Waals surface area contributed by atoms with Crippen molar-refractivity contribution in [2.45, 2.75) is 13.3 Å². The molecule has 1 aromatic carbocycles. The van der Waals surface area contributed by atoms with Gasteiger partial charge in [0.1, 0.15) is 5.82 Å². The molecule has 0 saturated heterocycles. The highest BCUT2D eigenvalue weighted by Crippen LogP contribution is 2.22. The smallest absolute Gasteiger partial charge is 0.311 e. The summed E-state index contributed by atoms with van der Waals surface area (Å²) in [6.07, 6.45) is 1.98. The summed E-state index contributed by atoms with van der Waals surface area (Å²) in [6, 6.07) is 7.91. The van der Waals surface area contributed by atoms with Crippen molar-refractivity contribution in [3.8, 4) is 0 Å². The number of pyridine rings is 1. The number of aromatic nitrogens is 1. The van der Waals surface area contributed by atoms with Crippen molar-refractivity contribution >= 4 is 11.5 Å². The Morgan fingerprint density at radius 1 is 1.40 bits per heavy atom. The van der Waals surface area contributed by atoms with E-state index in [1.165, 1.54) is 12.1 Å². The molecule has 0 amide bonds. The van der Waals surface area contributed by atoms with Crippen LogP contribution in [0.15, 0.2) is 36.5 Å². The van der Waals surface area contributed by atoms with E-state index in [4.69, 9.17) is 0 Å². The lowest BCUT2D eigenvalue weighted by Gasteiger charge is -2.07. The number of rotatable bonds is 5. The van der Waals surface area contributed by atoms with Gasteiger partial charge < -0.3 is 5.32 Å². The van der Waals surface area contributed by atoms with Gasteiger partial charge in [-0.2, -0.15) is 0 Å². The van der Waals surface area contributed by atoms with E-state index in [9.17, 15) is 14.5 Å². The minimum absolute atomic E-state index is 0.0708. The van der Waals surface area contributed by atoms with E-state index in [1.54, 1.807) is 31.3 Å². The van der Waals surface area contributed by atoms with Crippen LogP contribution < -0.4 is 5.32 Å². The fraction of sp³-hybridized carbons (Fsp3) is 0.214. The van der Waals surface area contributed by atoms with E-state index < -0.39 is 4.92 Å². The van der Waals surface area contributed by atoms with Gasteiger partial charge >= 0.3 is 5.69 Å². The highest BCUT2D eigenvalue weighted by Gasteiger charge is 2.14. The number of benzene rings is 1. The Kier molecular flexibility index (Phi) is 4.24. The largest absolute Gasteiger partial charge is 0.364 e. The molecule has 0 atom stereocenters. The number of aryl methyl sites for hydroxylation is 1. The first-order valence-corrected chi connectivity index (χ1v) is 6.16. The SMILES string of the molecule is Cc1cnc(NCCc2ccccc2F)c([N+](=O)[O-])c1. The van der Waals surface area contributed by atoms with Crippen LogP contribution in [0.3, 0.4) is 0 Å². The normalized spacial score (nSPS) is 10.3. The van der Waals surface area contributed by atoms with E-state index >= 15 is 0 Å². The number of nitro groups is 1. The van der Waals surface area contributed by atoms with E-state index in [1.807, 2.05) is 0 Å². The number of anilines is 1. The Hall–Kier alpha value is -2.50. The molecule has 0 aliphatic rings. The molecule has 2 rings (SSSR count). The molecular weight excluding hydrogens is 261 g/mol. The van der Waals surface area contributed by atoms with Gasteiger partial charge in [-0.05, 0) is 30.5 Å². The second-order valence-corrected chi connectivity index (χ2v) is 4.41. The lowest BCUT2D eigenvalue weighted by atomic mass is 10.1. The second-order valence-electron chi connectivity index (χ2n) is 4.41. The first-order chi connectivity index (χ1) is 9.58. The Labute approximate surface area is 115 Å². The maximum absolute atomic E-state index is 13.4. The lowest BCUT2D eigenvalue weighted by Crippen LogP contribution is -2.09. The van der Waals surface area contributed by atoms with Gasteiger partial charge in [-0.1, -0.05) is 18.2 Å². The zero-order valence-corrected chi connectivity index (χ0v) is 11.0. The van der Waals surface area contributed by atoms with Crippen molar-refractivity contribution in [1.82, 2.24) is 4.98 Å². The van der Waals surface area contributed by atoms with Gasteiger partial charge in [0, 0.05) is 18.8 Å². The van der Waals surface area contributed by atoms with Crippen LogP contribution in [0.4, 0.5) is 15.9 Å². The summed E-state index contributed by atoms with van der Waals surface area (Å²) in [5.41, 5.74) is 1.21. The molecule has 1 heterocycles. The third kappa shape index (κ3) is 3.28. The van der Waals surface area contributed by atoms with Crippen molar-refractivity contribution in [1.29, 1.82) is 0 Å². The van der Waals surface area contributed by atoms with E-state index in [0.717, 1.165) is 5.56 Å². The third-order valence-electron chi connectivity index (χ3n) is 2.85. The van der Waals surface area contributed by atoms with Crippen LogP contribution in [-0.2, 0) is 6.42 Å². The van der Waals surface area contributed by atoms with Crippen LogP contribution in [0.2, 0.25) is 0 Å². The molecule has 0 aliphatic heterocycles. The summed E-state index contributed by atoms with van der Waals surface area (Å²) in [5, 5.41) is 13.8. The van der Waals surface area contributed by atoms with Gasteiger partial charge in [-0.3, -0.25) is 10.1 Å². The predicted molar refractivity (Wildman–Crippen MR) is 74.2 cm³/mol. The second kappa shape index (κ2) is 6.10. The average Bonchev–Trinajstić information content (AvgIpc) is 2.42. The molecule has 0 unspecified atom stereocenters. The van der Waals surface area contributed by atoms with Crippen LogP contribution in [-0.4, -0.2) is 16.5 Å². The van der Waals surface area contributed by atoms with Crippen molar-refractivity contribution < 1.29 is 9.31 Å². The first-order valence-electron chi connectivity index (χ1n) is 6.16. The molecule has 0 spiro atoms. The van der Waals surface area contributed by atoms with Crippen molar-refractivity contribution in [3.05, 3.63) is 63.6 Å². The van der Waals surface area contributed by atoms with Gasteiger partial charge in [0.25, 0.3) is 0 Å². The molecular formula is C14H14FN3O2. The molecule has 2 aromatic rings. The topological polar surface area (TPSA) is 68.1 Å². The zero-order chi connectivity index (χ0) is 14.5. The summed E-state index contributed by atoms with van der Waals surface area (Å²) in [5.74, 6) is -0.0717. The molecule has 0 bridgehead atoms. The summed E-state index contributed by atoms with van der Waals surface area (Å²) in [6.45, 7) is 2.11. The molecule has 0 fully saturated rings. The number of hydrogen-bond acceptors (Lipinski definition) is 4. The number of nitrogens with one attached hydrogen (secondary N) is 1. The minimum Gasteiger partial charge on any atom is -0.364 e. The summed E-state index contributed by atoms with van der Waals surface area (Å²) in [4.78, 5) is 14.5. The highest BCUT2D eigenvalue weighted by molar-refractivity contribution is 5.56. The van der Waals surface area contributed by atoms with Gasteiger partial charge in [0.15, 0.2) is 0 Å². The van der Waals surface area contributed by atoms with Crippen molar-refractivity contribution in [3.63, 3.8) is 0 Å². The summed E-state index contributed by atoms with van der Waals surface area (Å²) < 4.78 is 13.4. The van der Waals surface area contributed by atoms with E-state index in [0.29, 0.717) is 18.5 Å². The van der Waals surface area contributed by atoms with Gasteiger partial charge in [-0.15, -0.1) is 0 Å². The van der Waals surface area contributed by atoms with Crippen molar-refractivity contribution in [2.75, 3.05) is 11.9 Å². The van der Waals surface area contributed by atoms with Gasteiger partial charge in [0.2, 0.25) is 5.82 Å². The Morgan fingerprint density at radius 3 is 2.85 bits per heavy atom. The predicted octanol–water partition coefficient (Wildman–Crippen LogP) is 3.09. The maximum atomic E-state index is 13.4. The van der Waals surface area contributed by atoms with Crippen molar-refractivity contribution in [2.24, 2.45) is 0 Å². The molecule has 1 aromatic heterocycles. The molecule has 0 saturated carbocycles. The number of halogens is 1. The Morgan fingerprint density at radius 2 is 2.15 bits per heavy atom. The molecule has 20 heavy (non-hydrogen) atoms. The standard InChI is InChI=1S/C14H14FN3O2/c1-10-8-13(18(19)20)14(17-9-10)16-7-6-11-4-2-3-5-12(11)15/h2-5,8-9H,6-7H2,1H3,(H,16,17). The summed E-state index contributed by atoms with van der Waals surface area (Å²) in [7, 11) is 0. The van der Waals surface area contributed by atoms with Crippen LogP contribution in [0, 0.1) is 22.9 Å². The van der Waals surface area contributed by atoms with Crippen LogP contribution in [0.5, 0.6) is 0 Å². The fourth-order valence-electron chi connectivity index (χ4n) is 1.85. The first kappa shape index (κ1) is 13.9. The minimum atomic E-state index is -0.481. The zero-order valence-electron chi connectivity index (χ0n) is 11.0. The molecule has 6 heteroatoms. The van der Waals surface area contributed by atoms with E-state index in [-0.39, 0.29) is 17.3 Å². The Bertz CT molecular complexity index is 632. The fourth-order valence-corrected chi connectivity index (χ4v) is 1.85. The molecule has 104 valence electrons. The van der Waals surface area contributed by atoms with E-state index in [2.05, 4.69) is 10.3 Å². The van der Waals surface area contributed by atoms with Crippen LogP contribution in [0.25, 0.3) is 0 Å². The lowest BCUT2D eigenvalue weighted by molar-refractivity contribution is -0.384. The van der Waals surface area contributed by atoms with Crippen LogP contribution >= 0.6 is 0 Å². The highest BCUT2D eigenvalue weighted by atomic mass is 19.1. The Balaban J connectivity index is 2.05. The molecule has 5 nitrogen and oxygen atoms in total. The molecule has 0 aliphatic carbocycles. The monoisotopic (exact) mass is 275 g/mol. The van der Waals surface area contributed by atoms with Crippen LogP contribution in [0.1, 0.15) is 11.1 Å². The molecule has 1 N–H and O–H groups in total. The molecule has 0 radical (unpaired) electrons. The number of hydrogen-bond donors (Lipinski definition) is 1. The average molecular weight is 275 g/mol. The quantitative estimate of drug-likeness (QED) is 0.672. The van der Waals surface area contributed by atoms with Gasteiger partial charge in [0.05, 0.1) is 4.92 Å². The summed E-state index contributed by atoms with van der Waals surface area (Å²) >= 11 is 0. The maximum Gasteiger partial charge on any atom is 0.311 e. The third-order valence-corrected chi connectivity index (χ3v) is 2.85.